The van der Waals surface area contributed by atoms with Gasteiger partial charge in [-0.3, -0.25) is 0 Å². The Labute approximate surface area is 202 Å². The maximum atomic E-state index is 10.6. The molecule has 4 rings (SSSR count). The molecule has 0 aliphatic rings. The number of ether oxygens (including phenoxy) is 2. The Kier molecular flexibility index (Phi) is 7.18. The zero-order valence-electron chi connectivity index (χ0n) is 19.3. The first-order valence-corrected chi connectivity index (χ1v) is 10.9. The molecule has 0 unspecified atom stereocenters. The largest absolute Gasteiger partial charge is 0.505 e. The molecular weight excluding hydrogens is 446 g/mol. The molecule has 0 aliphatic carbocycles. The zero-order valence-corrected chi connectivity index (χ0v) is 19.3. The van der Waals surface area contributed by atoms with Gasteiger partial charge in [0.15, 0.2) is 5.75 Å². The van der Waals surface area contributed by atoms with Crippen LogP contribution in [0.25, 0.3) is 10.8 Å². The number of aliphatic hydroxyl groups excluding tert-OH is 1. The number of anilines is 1. The summed E-state index contributed by atoms with van der Waals surface area (Å²) in [4.78, 5) is 0. The third-order valence-electron chi connectivity index (χ3n) is 5.23. The Morgan fingerprint density at radius 2 is 1.57 bits per heavy atom. The lowest BCUT2D eigenvalue weighted by atomic mass is 10.1. The predicted octanol–water partition coefficient (Wildman–Crippen LogP) is 6.65. The summed E-state index contributed by atoms with van der Waals surface area (Å²) >= 11 is 0. The van der Waals surface area contributed by atoms with Crippen molar-refractivity contribution in [1.29, 1.82) is 0 Å². The van der Waals surface area contributed by atoms with E-state index in [1.54, 1.807) is 60.7 Å². The van der Waals surface area contributed by atoms with Crippen LogP contribution in [0.2, 0.25) is 0 Å². The lowest BCUT2D eigenvalue weighted by Gasteiger charge is -2.08. The SMILES string of the molecule is COc1cc(N=Nc2ccc(OCCO)cc2)c(C)cc1N=Nc1ccc2cc(N)ccc2c1O. The van der Waals surface area contributed by atoms with Crippen LogP contribution in [-0.2, 0) is 0 Å². The van der Waals surface area contributed by atoms with Crippen LogP contribution in [0.15, 0.2) is 87.2 Å². The van der Waals surface area contributed by atoms with Gasteiger partial charge >= 0.3 is 0 Å². The third kappa shape index (κ3) is 5.53. The number of nitrogen functional groups attached to an aromatic ring is 1. The molecule has 4 aromatic carbocycles. The highest BCUT2D eigenvalue weighted by Gasteiger charge is 2.10. The summed E-state index contributed by atoms with van der Waals surface area (Å²) in [6.45, 7) is 2.08. The number of phenolic OH excluding ortho intramolecular Hbond substituents is 1. The normalized spacial score (nSPS) is 11.5. The van der Waals surface area contributed by atoms with Crippen molar-refractivity contribution in [2.75, 3.05) is 26.1 Å². The lowest BCUT2D eigenvalue weighted by Crippen LogP contribution is -2.00. The van der Waals surface area contributed by atoms with Crippen LogP contribution >= 0.6 is 0 Å². The quantitative estimate of drug-likeness (QED) is 0.195. The topological polar surface area (TPSA) is 134 Å². The number of nitrogens with two attached hydrogens (primary N) is 1. The first-order chi connectivity index (χ1) is 17.0. The van der Waals surface area contributed by atoms with Crippen LogP contribution in [-0.4, -0.2) is 30.5 Å². The number of azo groups is 2. The molecule has 0 saturated carbocycles. The Bertz CT molecular complexity index is 1400. The molecule has 0 fully saturated rings. The first kappa shape index (κ1) is 23.7. The second kappa shape index (κ2) is 10.6. The van der Waals surface area contributed by atoms with Crippen molar-refractivity contribution in [3.63, 3.8) is 0 Å². The average Bonchev–Trinajstić information content (AvgIpc) is 2.87. The fourth-order valence-electron chi connectivity index (χ4n) is 3.40. The summed E-state index contributed by atoms with van der Waals surface area (Å²) in [6.07, 6.45) is 0. The van der Waals surface area contributed by atoms with Gasteiger partial charge in [-0.1, -0.05) is 6.07 Å². The van der Waals surface area contributed by atoms with E-state index in [0.29, 0.717) is 45.3 Å². The summed E-state index contributed by atoms with van der Waals surface area (Å²) < 4.78 is 10.8. The summed E-state index contributed by atoms with van der Waals surface area (Å²) in [6, 6.07) is 19.4. The van der Waals surface area contributed by atoms with E-state index in [0.717, 1.165) is 10.9 Å². The molecule has 0 radical (unpaired) electrons. The third-order valence-corrected chi connectivity index (χ3v) is 5.23. The summed E-state index contributed by atoms with van der Waals surface area (Å²) in [5, 5.41) is 38.0. The van der Waals surface area contributed by atoms with Gasteiger partial charge in [0.25, 0.3) is 0 Å². The van der Waals surface area contributed by atoms with Crippen molar-refractivity contribution in [2.45, 2.75) is 6.92 Å². The highest BCUT2D eigenvalue weighted by Crippen LogP contribution is 2.39. The maximum Gasteiger partial charge on any atom is 0.150 e. The molecule has 0 atom stereocenters. The van der Waals surface area contributed by atoms with Gasteiger partial charge in [0.2, 0.25) is 0 Å². The molecular formula is C26H25N5O4. The van der Waals surface area contributed by atoms with E-state index in [4.69, 9.17) is 20.3 Å². The van der Waals surface area contributed by atoms with E-state index < -0.39 is 0 Å². The smallest absolute Gasteiger partial charge is 0.150 e. The molecule has 0 aromatic heterocycles. The molecule has 0 amide bonds. The first-order valence-electron chi connectivity index (χ1n) is 10.9. The molecule has 0 aliphatic heterocycles. The molecule has 4 aromatic rings. The van der Waals surface area contributed by atoms with Crippen LogP contribution in [0, 0.1) is 6.92 Å². The number of aryl methyl sites for hydroxylation is 1. The van der Waals surface area contributed by atoms with Gasteiger partial charge in [-0.25, -0.2) is 0 Å². The fourth-order valence-corrected chi connectivity index (χ4v) is 3.40. The Hall–Kier alpha value is -4.50. The average molecular weight is 472 g/mol. The minimum atomic E-state index is -0.0445. The number of rotatable bonds is 8. The summed E-state index contributed by atoms with van der Waals surface area (Å²) in [5.74, 6) is 1.14. The van der Waals surface area contributed by atoms with Gasteiger partial charge in [0.1, 0.15) is 29.5 Å². The standard InChI is InChI=1S/C26H25N5O4/c1-16-13-24(31-29-22-10-3-17-14-18(27)4-9-21(17)26(22)33)25(34-2)15-23(16)30-28-19-5-7-20(8-6-19)35-12-11-32/h3-10,13-15,32-33H,11-12,27H2,1-2H3. The number of benzene rings is 4. The van der Waals surface area contributed by atoms with E-state index in [1.165, 1.54) is 7.11 Å². The Balaban J connectivity index is 1.56. The highest BCUT2D eigenvalue weighted by atomic mass is 16.5. The summed E-state index contributed by atoms with van der Waals surface area (Å²) in [7, 11) is 1.54. The van der Waals surface area contributed by atoms with Gasteiger partial charge in [-0.2, -0.15) is 10.2 Å². The maximum absolute atomic E-state index is 10.6. The van der Waals surface area contributed by atoms with Crippen molar-refractivity contribution in [2.24, 2.45) is 20.5 Å². The van der Waals surface area contributed by atoms with Crippen molar-refractivity contribution < 1.29 is 19.7 Å². The zero-order chi connectivity index (χ0) is 24.8. The van der Waals surface area contributed by atoms with Crippen LogP contribution in [0.4, 0.5) is 28.4 Å². The van der Waals surface area contributed by atoms with Crippen LogP contribution in [0.5, 0.6) is 17.2 Å². The summed E-state index contributed by atoms with van der Waals surface area (Å²) in [5.41, 5.74) is 9.35. The van der Waals surface area contributed by atoms with E-state index in [9.17, 15) is 5.11 Å². The fraction of sp³-hybridized carbons (Fsp3) is 0.154. The van der Waals surface area contributed by atoms with Crippen LogP contribution < -0.4 is 15.2 Å². The second-order valence-electron chi connectivity index (χ2n) is 7.69. The van der Waals surface area contributed by atoms with Gasteiger partial charge < -0.3 is 25.4 Å². The van der Waals surface area contributed by atoms with Crippen molar-refractivity contribution in [3.8, 4) is 17.2 Å². The van der Waals surface area contributed by atoms with Gasteiger partial charge in [0.05, 0.1) is 25.1 Å². The lowest BCUT2D eigenvalue weighted by molar-refractivity contribution is 0.201. The highest BCUT2D eigenvalue weighted by molar-refractivity contribution is 5.94. The molecule has 4 N–H and O–H groups in total. The minimum absolute atomic E-state index is 0.0279. The van der Waals surface area contributed by atoms with Crippen molar-refractivity contribution in [1.82, 2.24) is 0 Å². The van der Waals surface area contributed by atoms with Crippen LogP contribution in [0.1, 0.15) is 5.56 Å². The number of aromatic hydroxyl groups is 1. The molecule has 9 heteroatoms. The van der Waals surface area contributed by atoms with E-state index >= 15 is 0 Å². The van der Waals surface area contributed by atoms with Gasteiger partial charge in [0, 0.05) is 17.1 Å². The monoisotopic (exact) mass is 471 g/mol. The molecule has 0 spiro atoms. The van der Waals surface area contributed by atoms with Gasteiger partial charge in [-0.05, 0) is 72.5 Å². The predicted molar refractivity (Wildman–Crippen MR) is 135 cm³/mol. The number of hydrogen-bond acceptors (Lipinski definition) is 9. The Morgan fingerprint density at radius 1 is 0.829 bits per heavy atom. The van der Waals surface area contributed by atoms with Crippen molar-refractivity contribution >= 4 is 39.2 Å². The molecule has 0 bridgehead atoms. The molecule has 178 valence electrons. The van der Waals surface area contributed by atoms with Crippen LogP contribution in [0.3, 0.4) is 0 Å². The number of phenols is 1. The molecule has 0 heterocycles. The molecule has 9 nitrogen and oxygen atoms in total. The van der Waals surface area contributed by atoms with Crippen molar-refractivity contribution in [3.05, 3.63) is 72.3 Å². The number of methoxy groups -OCH3 is 1. The van der Waals surface area contributed by atoms with E-state index in [2.05, 4.69) is 20.5 Å². The number of hydrogen-bond donors (Lipinski definition) is 3. The number of fused-ring (bicyclic) bond motifs is 1. The number of aliphatic hydroxyl groups is 1. The minimum Gasteiger partial charge on any atom is -0.505 e. The Morgan fingerprint density at radius 3 is 2.31 bits per heavy atom. The second-order valence-corrected chi connectivity index (χ2v) is 7.69. The van der Waals surface area contributed by atoms with E-state index in [-0.39, 0.29) is 19.0 Å². The molecule has 35 heavy (non-hydrogen) atoms. The molecule has 0 saturated heterocycles. The van der Waals surface area contributed by atoms with Gasteiger partial charge in [-0.15, -0.1) is 10.2 Å². The van der Waals surface area contributed by atoms with E-state index in [1.807, 2.05) is 13.0 Å². The number of nitrogens with zero attached hydrogens (tertiary/aromatic N) is 4.